The zero-order valence-corrected chi connectivity index (χ0v) is 12.6. The molecule has 117 valence electrons. The lowest BCUT2D eigenvalue weighted by molar-refractivity contribution is -0.112. The molecule has 0 saturated heterocycles. The Bertz CT molecular complexity index is 749. The summed E-state index contributed by atoms with van der Waals surface area (Å²) in [5.41, 5.74) is 13.8. The lowest BCUT2D eigenvalue weighted by Crippen LogP contribution is -2.19. The van der Waals surface area contributed by atoms with E-state index in [1.807, 2.05) is 24.3 Å². The van der Waals surface area contributed by atoms with Gasteiger partial charge >= 0.3 is 0 Å². The number of nitrogens with one attached hydrogen (secondary N) is 1. The van der Waals surface area contributed by atoms with Crippen LogP contribution in [0, 0.1) is 6.42 Å². The quantitative estimate of drug-likeness (QED) is 0.787. The van der Waals surface area contributed by atoms with Gasteiger partial charge in [0.2, 0.25) is 11.8 Å². The molecule has 5 nitrogen and oxygen atoms in total. The average Bonchev–Trinajstić information content (AvgIpc) is 3.27. The van der Waals surface area contributed by atoms with Crippen LogP contribution in [-0.2, 0) is 10.3 Å². The van der Waals surface area contributed by atoms with E-state index in [0.29, 0.717) is 16.8 Å². The predicted molar refractivity (Wildman–Crippen MR) is 88.5 cm³/mol. The van der Waals surface area contributed by atoms with Crippen LogP contribution in [0.2, 0.25) is 0 Å². The highest BCUT2D eigenvalue weighted by molar-refractivity contribution is 6.03. The first kappa shape index (κ1) is 15.2. The fraction of sp³-hybridized carbons (Fsp3) is 0.167. The minimum Gasteiger partial charge on any atom is -0.366 e. The van der Waals surface area contributed by atoms with Crippen molar-refractivity contribution in [1.29, 1.82) is 0 Å². The number of hydrogen-bond acceptors (Lipinski definition) is 3. The van der Waals surface area contributed by atoms with Crippen molar-refractivity contribution in [3.05, 3.63) is 71.6 Å². The molecule has 1 aliphatic rings. The fourth-order valence-electron chi connectivity index (χ4n) is 2.48. The molecule has 0 aromatic heterocycles. The van der Waals surface area contributed by atoms with E-state index in [9.17, 15) is 9.59 Å². The molecule has 2 aromatic carbocycles. The van der Waals surface area contributed by atoms with Gasteiger partial charge in [-0.15, -0.1) is 0 Å². The highest BCUT2D eigenvalue weighted by Gasteiger charge is 2.39. The van der Waals surface area contributed by atoms with Gasteiger partial charge in [-0.25, -0.2) is 0 Å². The maximum absolute atomic E-state index is 12.1. The van der Waals surface area contributed by atoms with Gasteiger partial charge in [-0.1, -0.05) is 30.3 Å². The molecular weight excluding hydrogens is 290 g/mol. The largest absolute Gasteiger partial charge is 0.366 e. The number of nitrogens with two attached hydrogens (primary N) is 2. The van der Waals surface area contributed by atoms with Crippen molar-refractivity contribution in [3.8, 4) is 0 Å². The molecule has 1 fully saturated rings. The second-order valence-electron chi connectivity index (χ2n) is 5.82. The molecule has 2 aromatic rings. The summed E-state index contributed by atoms with van der Waals surface area (Å²) in [4.78, 5) is 23.5. The molecular formula is C18H18N3O2. The molecule has 23 heavy (non-hydrogen) atoms. The van der Waals surface area contributed by atoms with Gasteiger partial charge in [-0.05, 0) is 42.2 Å². The van der Waals surface area contributed by atoms with E-state index >= 15 is 0 Å². The molecule has 5 N–H and O–H groups in total. The van der Waals surface area contributed by atoms with Gasteiger partial charge in [0.25, 0.3) is 0 Å². The van der Waals surface area contributed by atoms with Crippen molar-refractivity contribution >= 4 is 17.5 Å². The van der Waals surface area contributed by atoms with Crippen molar-refractivity contribution in [2.75, 3.05) is 5.32 Å². The number of benzene rings is 2. The lowest BCUT2D eigenvalue weighted by atomic mass is 10.0. The van der Waals surface area contributed by atoms with Crippen LogP contribution < -0.4 is 16.8 Å². The molecule has 0 bridgehead atoms. The standard InChI is InChI=1S/C18H18N3O2/c19-17(23)15-4-2-1-3-12(15)11-16(22)21-14-7-5-13(6-8-14)18(20)9-10-18/h1-8,11H,9-10,20H2,(H2,19,23)(H,21,22). The smallest absolute Gasteiger partial charge is 0.249 e. The number of rotatable bonds is 5. The number of primary amides is 1. The summed E-state index contributed by atoms with van der Waals surface area (Å²) >= 11 is 0. The summed E-state index contributed by atoms with van der Waals surface area (Å²) in [6.45, 7) is 0. The summed E-state index contributed by atoms with van der Waals surface area (Å²) in [5, 5.41) is 2.77. The molecule has 1 saturated carbocycles. The third kappa shape index (κ3) is 3.40. The summed E-state index contributed by atoms with van der Waals surface area (Å²) in [6, 6.07) is 14.2. The highest BCUT2D eigenvalue weighted by atomic mass is 16.2. The first-order valence-corrected chi connectivity index (χ1v) is 7.42. The minimum absolute atomic E-state index is 0.185. The number of carbonyl (C=O) groups excluding carboxylic acids is 2. The van der Waals surface area contributed by atoms with Gasteiger partial charge in [-0.3, -0.25) is 9.59 Å². The monoisotopic (exact) mass is 308 g/mol. The van der Waals surface area contributed by atoms with Gasteiger partial charge in [0.1, 0.15) is 0 Å². The predicted octanol–water partition coefficient (Wildman–Crippen LogP) is 1.92. The molecule has 1 aliphatic carbocycles. The van der Waals surface area contributed by atoms with Crippen LogP contribution in [-0.4, -0.2) is 11.8 Å². The van der Waals surface area contributed by atoms with Crippen LogP contribution in [0.3, 0.4) is 0 Å². The summed E-state index contributed by atoms with van der Waals surface area (Å²) in [5.74, 6) is -0.882. The van der Waals surface area contributed by atoms with Crippen LogP contribution in [0.15, 0.2) is 48.5 Å². The SMILES string of the molecule is NC(=O)c1ccccc1[CH]C(=O)Nc1ccc(C2(N)CC2)cc1. The van der Waals surface area contributed by atoms with Crippen molar-refractivity contribution in [3.63, 3.8) is 0 Å². The Morgan fingerprint density at radius 1 is 1.04 bits per heavy atom. The van der Waals surface area contributed by atoms with Crippen LogP contribution in [0.5, 0.6) is 0 Å². The Labute approximate surface area is 134 Å². The summed E-state index contributed by atoms with van der Waals surface area (Å²) < 4.78 is 0. The molecule has 1 radical (unpaired) electrons. The van der Waals surface area contributed by atoms with Crippen LogP contribution in [0.4, 0.5) is 5.69 Å². The highest BCUT2D eigenvalue weighted by Crippen LogP contribution is 2.42. The van der Waals surface area contributed by atoms with E-state index in [2.05, 4.69) is 5.32 Å². The molecule has 0 heterocycles. The number of carbonyl (C=O) groups is 2. The Morgan fingerprint density at radius 3 is 2.30 bits per heavy atom. The second kappa shape index (κ2) is 5.85. The minimum atomic E-state index is -0.563. The van der Waals surface area contributed by atoms with Crippen LogP contribution in [0.25, 0.3) is 0 Å². The van der Waals surface area contributed by atoms with Crippen LogP contribution in [0.1, 0.15) is 34.3 Å². The molecule has 2 amide bonds. The van der Waals surface area contributed by atoms with Crippen molar-refractivity contribution in [2.24, 2.45) is 11.5 Å². The Kier molecular flexibility index (Phi) is 3.88. The third-order valence-electron chi connectivity index (χ3n) is 4.03. The van der Waals surface area contributed by atoms with Crippen LogP contribution >= 0.6 is 0 Å². The second-order valence-corrected chi connectivity index (χ2v) is 5.82. The first-order chi connectivity index (χ1) is 11.0. The molecule has 0 atom stereocenters. The van der Waals surface area contributed by atoms with E-state index in [4.69, 9.17) is 11.5 Å². The van der Waals surface area contributed by atoms with Gasteiger partial charge in [0.05, 0.1) is 6.42 Å². The average molecular weight is 308 g/mol. The van der Waals surface area contributed by atoms with Gasteiger partial charge < -0.3 is 16.8 Å². The Hall–Kier alpha value is -2.66. The fourth-order valence-corrected chi connectivity index (χ4v) is 2.48. The number of anilines is 1. The maximum atomic E-state index is 12.1. The topological polar surface area (TPSA) is 98.2 Å². The van der Waals surface area contributed by atoms with E-state index in [-0.39, 0.29) is 11.4 Å². The molecule has 3 rings (SSSR count). The number of hydrogen-bond donors (Lipinski definition) is 3. The Balaban J connectivity index is 1.67. The van der Waals surface area contributed by atoms with E-state index in [0.717, 1.165) is 18.4 Å². The van der Waals surface area contributed by atoms with E-state index < -0.39 is 5.91 Å². The van der Waals surface area contributed by atoms with Crippen molar-refractivity contribution < 1.29 is 9.59 Å². The molecule has 0 spiro atoms. The Morgan fingerprint density at radius 2 is 1.70 bits per heavy atom. The third-order valence-corrected chi connectivity index (χ3v) is 4.03. The molecule has 5 heteroatoms. The normalized spacial score (nSPS) is 15.0. The summed E-state index contributed by atoms with van der Waals surface area (Å²) in [6.07, 6.45) is 3.35. The van der Waals surface area contributed by atoms with Gasteiger partial charge in [0.15, 0.2) is 0 Å². The lowest BCUT2D eigenvalue weighted by Gasteiger charge is -2.11. The number of amides is 2. The zero-order valence-electron chi connectivity index (χ0n) is 12.6. The zero-order chi connectivity index (χ0) is 16.4. The van der Waals surface area contributed by atoms with E-state index in [1.165, 1.54) is 6.42 Å². The van der Waals surface area contributed by atoms with Gasteiger partial charge in [0, 0.05) is 16.8 Å². The molecule has 0 unspecified atom stereocenters. The van der Waals surface area contributed by atoms with Crippen molar-refractivity contribution in [2.45, 2.75) is 18.4 Å². The van der Waals surface area contributed by atoms with E-state index in [1.54, 1.807) is 24.3 Å². The maximum Gasteiger partial charge on any atom is 0.249 e. The molecule has 0 aliphatic heterocycles. The van der Waals surface area contributed by atoms with Crippen molar-refractivity contribution in [1.82, 2.24) is 0 Å². The van der Waals surface area contributed by atoms with Gasteiger partial charge in [-0.2, -0.15) is 0 Å². The first-order valence-electron chi connectivity index (χ1n) is 7.42. The summed E-state index contributed by atoms with van der Waals surface area (Å²) in [7, 11) is 0.